The Morgan fingerprint density at radius 2 is 1.74 bits per heavy atom. The summed E-state index contributed by atoms with van der Waals surface area (Å²) in [6.45, 7) is 5.60. The van der Waals surface area contributed by atoms with Gasteiger partial charge in [0.05, 0.1) is 23.9 Å². The van der Waals surface area contributed by atoms with Crippen LogP contribution >= 0.6 is 23.5 Å². The van der Waals surface area contributed by atoms with Crippen LogP contribution in [0, 0.1) is 0 Å². The molecule has 0 unspecified atom stereocenters. The van der Waals surface area contributed by atoms with Crippen LogP contribution in [0.3, 0.4) is 0 Å². The molecule has 4 heterocycles. The van der Waals surface area contributed by atoms with E-state index in [1.807, 2.05) is 23.5 Å². The number of methoxy groups -OCH3 is 2. The lowest BCUT2D eigenvalue weighted by Crippen LogP contribution is -2.46. The fourth-order valence-corrected chi connectivity index (χ4v) is 8.38. The van der Waals surface area contributed by atoms with Crippen LogP contribution in [0.15, 0.2) is 11.8 Å². The smallest absolute Gasteiger partial charge is 0.147 e. The summed E-state index contributed by atoms with van der Waals surface area (Å²) in [6, 6.07) is 0. The van der Waals surface area contributed by atoms with Crippen LogP contribution in [0.1, 0.15) is 65.2 Å². The second-order valence-electron chi connectivity index (χ2n) is 10.4. The highest BCUT2D eigenvalue weighted by Gasteiger charge is 2.50. The van der Waals surface area contributed by atoms with Crippen LogP contribution in [0.5, 0.6) is 0 Å². The molecule has 0 radical (unpaired) electrons. The number of hydrogen-bond acceptors (Lipinski definition) is 9. The van der Waals surface area contributed by atoms with Crippen molar-refractivity contribution in [2.45, 2.75) is 105 Å². The third kappa shape index (κ3) is 7.11. The Hall–Kier alpha value is -0.0000000000000000694. The highest BCUT2D eigenvalue weighted by atomic mass is 32.2. The molecule has 4 rings (SSSR count). The molecule has 0 aromatic carbocycles. The van der Waals surface area contributed by atoms with Gasteiger partial charge < -0.3 is 33.2 Å². The van der Waals surface area contributed by atoms with E-state index in [9.17, 15) is 0 Å². The van der Waals surface area contributed by atoms with Crippen molar-refractivity contribution in [3.05, 3.63) is 11.8 Å². The van der Waals surface area contributed by atoms with Crippen molar-refractivity contribution in [2.24, 2.45) is 0 Å². The van der Waals surface area contributed by atoms with Crippen LogP contribution in [0.25, 0.3) is 0 Å². The van der Waals surface area contributed by atoms with Crippen LogP contribution in [0.2, 0.25) is 0 Å². The zero-order chi connectivity index (χ0) is 24.7. The highest BCUT2D eigenvalue weighted by molar-refractivity contribution is 8.17. The summed E-state index contributed by atoms with van der Waals surface area (Å²) in [5.74, 6) is 3.59. The molecule has 9 heteroatoms. The average molecular weight is 533 g/mol. The molecule has 0 saturated carbocycles. The molecule has 0 aromatic heterocycles. The van der Waals surface area contributed by atoms with Crippen LogP contribution in [0.4, 0.5) is 0 Å². The Kier molecular flexibility index (Phi) is 10.6. The molecule has 4 aliphatic heterocycles. The topological polar surface area (TPSA) is 64.6 Å². The summed E-state index contributed by atoms with van der Waals surface area (Å²) in [4.78, 5) is 0. The predicted molar refractivity (Wildman–Crippen MR) is 140 cm³/mol. The SMILES string of the molecule is COCOCCC[C@H]1O[C@H]2CC[C@@]3(C)OC(C4SCCCS4)=CC[C@@H]3O[C@@H]2CC[C@]1(C)OCOC. The minimum absolute atomic E-state index is 0.0285. The van der Waals surface area contributed by atoms with Gasteiger partial charge in [-0.2, -0.15) is 0 Å². The molecular formula is C26H44O7S2. The van der Waals surface area contributed by atoms with Crippen LogP contribution in [-0.4, -0.2) is 86.1 Å². The molecule has 4 aliphatic rings. The molecule has 0 N–H and O–H groups in total. The Morgan fingerprint density at radius 3 is 2.51 bits per heavy atom. The first kappa shape index (κ1) is 28.0. The molecule has 35 heavy (non-hydrogen) atoms. The minimum Gasteiger partial charge on any atom is -0.487 e. The molecule has 0 bridgehead atoms. The summed E-state index contributed by atoms with van der Waals surface area (Å²) >= 11 is 4.03. The first-order valence-corrected chi connectivity index (χ1v) is 15.2. The third-order valence-corrected chi connectivity index (χ3v) is 10.6. The second-order valence-corrected chi connectivity index (χ2v) is 13.1. The van der Waals surface area contributed by atoms with Gasteiger partial charge in [-0.15, -0.1) is 23.5 Å². The van der Waals surface area contributed by atoms with E-state index in [-0.39, 0.29) is 36.8 Å². The lowest BCUT2D eigenvalue weighted by Gasteiger charge is -2.42. The number of rotatable bonds is 10. The fraction of sp³-hybridized carbons (Fsp3) is 0.923. The van der Waals surface area contributed by atoms with Gasteiger partial charge in [0.1, 0.15) is 35.6 Å². The third-order valence-electron chi connectivity index (χ3n) is 7.71. The first-order chi connectivity index (χ1) is 17.0. The first-order valence-electron chi connectivity index (χ1n) is 13.1. The molecule has 7 nitrogen and oxygen atoms in total. The summed E-state index contributed by atoms with van der Waals surface area (Å²) in [6.07, 6.45) is 9.89. The maximum Gasteiger partial charge on any atom is 0.147 e. The van der Waals surface area contributed by atoms with Gasteiger partial charge in [-0.05, 0) is 82.8 Å². The second kappa shape index (κ2) is 13.2. The maximum atomic E-state index is 6.84. The van der Waals surface area contributed by atoms with E-state index in [2.05, 4.69) is 19.9 Å². The lowest BCUT2D eigenvalue weighted by molar-refractivity contribution is -0.196. The molecule has 3 fully saturated rings. The standard InChI is InChI=1S/C26H44O7S2/c1-25(30-18-28-4)12-10-19-20(31-22(25)7-5-14-29-17-27-3)11-13-26(2)23(32-19)9-8-21(33-26)24-34-15-6-16-35-24/h8,19-20,22-24H,5-7,9-18H2,1-4H3/t19-,20+,22-,23+,25+,26-/m1/s1. The van der Waals surface area contributed by atoms with Crippen molar-refractivity contribution in [3.63, 3.8) is 0 Å². The zero-order valence-electron chi connectivity index (χ0n) is 21.8. The van der Waals surface area contributed by atoms with Crippen molar-refractivity contribution in [1.29, 1.82) is 0 Å². The molecule has 0 spiro atoms. The highest BCUT2D eigenvalue weighted by Crippen LogP contribution is 2.46. The van der Waals surface area contributed by atoms with Gasteiger partial charge in [0.2, 0.25) is 0 Å². The molecule has 3 saturated heterocycles. The van der Waals surface area contributed by atoms with Gasteiger partial charge in [0.15, 0.2) is 0 Å². The predicted octanol–water partition coefficient (Wildman–Crippen LogP) is 5.12. The van der Waals surface area contributed by atoms with Gasteiger partial charge >= 0.3 is 0 Å². The molecule has 0 amide bonds. The van der Waals surface area contributed by atoms with Crippen molar-refractivity contribution < 1.29 is 33.2 Å². The normalized spacial score (nSPS) is 38.5. The Bertz CT molecular complexity index is 689. The number of hydrogen-bond donors (Lipinski definition) is 0. The van der Waals surface area contributed by atoms with E-state index in [0.29, 0.717) is 18.0 Å². The largest absolute Gasteiger partial charge is 0.487 e. The Labute approximate surface area is 219 Å². The van der Waals surface area contributed by atoms with Crippen LogP contribution < -0.4 is 0 Å². The van der Waals surface area contributed by atoms with Crippen molar-refractivity contribution in [2.75, 3.05) is 45.9 Å². The van der Waals surface area contributed by atoms with E-state index in [4.69, 9.17) is 33.2 Å². The summed E-state index contributed by atoms with van der Waals surface area (Å²) in [5, 5.41) is 0. The summed E-state index contributed by atoms with van der Waals surface area (Å²) < 4.78 is 42.8. The molecule has 0 aromatic rings. The lowest BCUT2D eigenvalue weighted by atomic mass is 9.88. The van der Waals surface area contributed by atoms with E-state index < -0.39 is 5.60 Å². The zero-order valence-corrected chi connectivity index (χ0v) is 23.5. The number of ether oxygens (including phenoxy) is 7. The van der Waals surface area contributed by atoms with Crippen molar-refractivity contribution >= 4 is 23.5 Å². The number of fused-ring (bicyclic) bond motifs is 2. The molecular weight excluding hydrogens is 488 g/mol. The summed E-state index contributed by atoms with van der Waals surface area (Å²) in [5.41, 5.74) is -0.737. The van der Waals surface area contributed by atoms with Gasteiger partial charge in [-0.1, -0.05) is 0 Å². The Morgan fingerprint density at radius 1 is 1.00 bits per heavy atom. The van der Waals surface area contributed by atoms with E-state index in [1.54, 1.807) is 14.2 Å². The van der Waals surface area contributed by atoms with Gasteiger partial charge in [-0.3, -0.25) is 0 Å². The van der Waals surface area contributed by atoms with Crippen molar-refractivity contribution in [1.82, 2.24) is 0 Å². The summed E-state index contributed by atoms with van der Waals surface area (Å²) in [7, 11) is 3.31. The fourth-order valence-electron chi connectivity index (χ4n) is 5.57. The van der Waals surface area contributed by atoms with Crippen LogP contribution in [-0.2, 0) is 33.2 Å². The molecule has 202 valence electrons. The van der Waals surface area contributed by atoms with Gasteiger partial charge in [0.25, 0.3) is 0 Å². The van der Waals surface area contributed by atoms with Crippen molar-refractivity contribution in [3.8, 4) is 0 Å². The maximum absolute atomic E-state index is 6.84. The van der Waals surface area contributed by atoms with E-state index >= 15 is 0 Å². The quantitative estimate of drug-likeness (QED) is 0.282. The van der Waals surface area contributed by atoms with E-state index in [1.165, 1.54) is 17.9 Å². The van der Waals surface area contributed by atoms with Gasteiger partial charge in [-0.25, -0.2) is 0 Å². The average Bonchev–Trinajstić information content (AvgIpc) is 3.09. The monoisotopic (exact) mass is 532 g/mol. The minimum atomic E-state index is -0.429. The van der Waals surface area contributed by atoms with E-state index in [0.717, 1.165) is 50.7 Å². The van der Waals surface area contributed by atoms with Gasteiger partial charge in [0, 0.05) is 20.8 Å². The molecule has 6 atom stereocenters. The number of thioether (sulfide) groups is 2. The Balaban J connectivity index is 1.43. The molecule has 0 aliphatic carbocycles.